The number of benzene rings is 2. The molecule has 1 aliphatic heterocycles. The number of piperazine rings is 1. The number of nitrogens with one attached hydrogen (secondary N) is 1. The van der Waals surface area contributed by atoms with E-state index >= 15 is 0 Å². The van der Waals surface area contributed by atoms with Gasteiger partial charge in [0.05, 0.1) is 17.1 Å². The second kappa shape index (κ2) is 11.3. The minimum Gasteiger partial charge on any atom is -0.322 e. The molecule has 2 amide bonds. The van der Waals surface area contributed by atoms with Crippen molar-refractivity contribution >= 4 is 33.3 Å². The molecule has 2 heterocycles. The van der Waals surface area contributed by atoms with Gasteiger partial charge in [-0.3, -0.25) is 4.90 Å². The lowest BCUT2D eigenvalue weighted by Crippen LogP contribution is -2.49. The fraction of sp³-hybridized carbons (Fsp3) is 0.391. The number of rotatable bonds is 8. The Morgan fingerprint density at radius 1 is 1.00 bits per heavy atom. The van der Waals surface area contributed by atoms with E-state index in [1.165, 1.54) is 16.4 Å². The van der Waals surface area contributed by atoms with Crippen molar-refractivity contribution < 1.29 is 13.2 Å². The largest absolute Gasteiger partial charge is 0.322 e. The molecule has 1 N–H and O–H groups in total. The van der Waals surface area contributed by atoms with E-state index in [1.807, 2.05) is 12.1 Å². The van der Waals surface area contributed by atoms with E-state index in [-0.39, 0.29) is 10.9 Å². The van der Waals surface area contributed by atoms with Crippen molar-refractivity contribution in [2.75, 3.05) is 44.6 Å². The van der Waals surface area contributed by atoms with Gasteiger partial charge in [0.2, 0.25) is 10.0 Å². The molecule has 0 atom stereocenters. The quantitative estimate of drug-likeness (QED) is 0.474. The number of hydrogen-bond acceptors (Lipinski definition) is 7. The summed E-state index contributed by atoms with van der Waals surface area (Å²) in [6.45, 7) is 7.38. The first kappa shape index (κ1) is 26.0. The number of aromatic nitrogens is 4. The Bertz CT molecular complexity index is 1270. The van der Waals surface area contributed by atoms with E-state index in [1.54, 1.807) is 47.7 Å². The molecule has 1 saturated heterocycles. The van der Waals surface area contributed by atoms with E-state index in [4.69, 9.17) is 11.6 Å². The molecule has 4 rings (SSSR count). The number of halogens is 1. The third-order valence-electron chi connectivity index (χ3n) is 6.08. The van der Waals surface area contributed by atoms with E-state index in [2.05, 4.69) is 25.7 Å². The second-order valence-electron chi connectivity index (χ2n) is 8.29. The van der Waals surface area contributed by atoms with Crippen LogP contribution in [-0.4, -0.2) is 88.0 Å². The lowest BCUT2D eigenvalue weighted by Gasteiger charge is -2.34. The Morgan fingerprint density at radius 3 is 2.25 bits per heavy atom. The van der Waals surface area contributed by atoms with Gasteiger partial charge in [-0.05, 0) is 59.0 Å². The Balaban J connectivity index is 1.31. The van der Waals surface area contributed by atoms with Gasteiger partial charge in [-0.1, -0.05) is 25.4 Å². The Hall–Kier alpha value is -3.06. The number of anilines is 1. The maximum atomic E-state index is 12.8. The molecule has 0 spiro atoms. The molecule has 2 aromatic carbocycles. The van der Waals surface area contributed by atoms with Gasteiger partial charge in [0.15, 0.2) is 5.82 Å². The molecule has 0 aliphatic carbocycles. The second-order valence-corrected chi connectivity index (χ2v) is 10.7. The number of tetrazole rings is 1. The monoisotopic (exact) mass is 532 g/mol. The van der Waals surface area contributed by atoms with Crippen LogP contribution in [0.3, 0.4) is 0 Å². The van der Waals surface area contributed by atoms with Crippen molar-refractivity contribution in [1.29, 1.82) is 0 Å². The number of carbonyl (C=O) groups excluding carboxylic acids is 1. The Labute approximate surface area is 215 Å². The average molecular weight is 533 g/mol. The van der Waals surface area contributed by atoms with Crippen molar-refractivity contribution in [3.63, 3.8) is 0 Å². The van der Waals surface area contributed by atoms with Gasteiger partial charge >= 0.3 is 6.03 Å². The standard InChI is InChI=1S/C23H29ClN8O3S/c1-3-31(4-2)36(34,35)21-11-7-19(8-12-21)25-23(33)30-15-13-29(14-16-30)17-22-26-27-28-32(22)20-9-5-18(24)6-10-20/h5-12H,3-4,13-17H2,1-2H3,(H,25,33). The summed E-state index contributed by atoms with van der Waals surface area (Å²) in [7, 11) is -3.53. The highest BCUT2D eigenvalue weighted by molar-refractivity contribution is 7.89. The summed E-state index contributed by atoms with van der Waals surface area (Å²) in [5.74, 6) is 0.704. The molecule has 0 saturated carbocycles. The number of hydrogen-bond donors (Lipinski definition) is 1. The van der Waals surface area contributed by atoms with Gasteiger partial charge < -0.3 is 10.2 Å². The number of urea groups is 1. The fourth-order valence-corrected chi connectivity index (χ4v) is 5.61. The molecule has 0 radical (unpaired) electrons. The molecule has 1 fully saturated rings. The molecule has 36 heavy (non-hydrogen) atoms. The molecule has 192 valence electrons. The summed E-state index contributed by atoms with van der Waals surface area (Å²) in [4.78, 5) is 16.9. The topological polar surface area (TPSA) is 117 Å². The van der Waals surface area contributed by atoms with Crippen LogP contribution in [0.2, 0.25) is 5.02 Å². The number of amides is 2. The van der Waals surface area contributed by atoms with Crippen molar-refractivity contribution in [3.05, 3.63) is 59.4 Å². The third kappa shape index (κ3) is 5.84. The Morgan fingerprint density at radius 2 is 1.64 bits per heavy atom. The molecule has 0 unspecified atom stereocenters. The van der Waals surface area contributed by atoms with Gasteiger partial charge in [-0.25, -0.2) is 13.2 Å². The number of sulfonamides is 1. The van der Waals surface area contributed by atoms with E-state index in [0.717, 1.165) is 5.69 Å². The minimum absolute atomic E-state index is 0.207. The summed E-state index contributed by atoms with van der Waals surface area (Å²) in [6.07, 6.45) is 0. The lowest BCUT2D eigenvalue weighted by molar-refractivity contribution is 0.140. The highest BCUT2D eigenvalue weighted by atomic mass is 35.5. The zero-order valence-electron chi connectivity index (χ0n) is 20.2. The van der Waals surface area contributed by atoms with Gasteiger partial charge in [-0.15, -0.1) is 5.10 Å². The van der Waals surface area contributed by atoms with Crippen LogP contribution < -0.4 is 5.32 Å². The average Bonchev–Trinajstić information content (AvgIpc) is 3.34. The van der Waals surface area contributed by atoms with Crippen molar-refractivity contribution in [3.8, 4) is 5.69 Å². The summed E-state index contributed by atoms with van der Waals surface area (Å²) in [6, 6.07) is 13.3. The molecule has 0 bridgehead atoms. The van der Waals surface area contributed by atoms with Crippen LogP contribution >= 0.6 is 11.6 Å². The summed E-state index contributed by atoms with van der Waals surface area (Å²) >= 11 is 5.97. The molecule has 11 nitrogen and oxygen atoms in total. The molecule has 3 aromatic rings. The maximum absolute atomic E-state index is 12.8. The number of nitrogens with zero attached hydrogens (tertiary/aromatic N) is 7. The zero-order valence-corrected chi connectivity index (χ0v) is 21.8. The van der Waals surface area contributed by atoms with E-state index < -0.39 is 10.0 Å². The van der Waals surface area contributed by atoms with Gasteiger partial charge in [0.25, 0.3) is 0 Å². The third-order valence-corrected chi connectivity index (χ3v) is 8.39. The zero-order chi connectivity index (χ0) is 25.7. The lowest BCUT2D eigenvalue weighted by atomic mass is 10.3. The molecule has 1 aliphatic rings. The maximum Gasteiger partial charge on any atom is 0.321 e. The predicted molar refractivity (Wildman–Crippen MR) is 137 cm³/mol. The van der Waals surface area contributed by atoms with Gasteiger partial charge in [-0.2, -0.15) is 8.99 Å². The molecular formula is C23H29ClN8O3S. The van der Waals surface area contributed by atoms with Crippen LogP contribution in [0.5, 0.6) is 0 Å². The van der Waals surface area contributed by atoms with Crippen molar-refractivity contribution in [1.82, 2.24) is 34.3 Å². The summed E-state index contributed by atoms with van der Waals surface area (Å²) < 4.78 is 28.4. The van der Waals surface area contributed by atoms with Crippen LogP contribution in [0.15, 0.2) is 53.4 Å². The van der Waals surface area contributed by atoms with Gasteiger partial charge in [0, 0.05) is 50.0 Å². The first-order chi connectivity index (χ1) is 17.3. The molecular weight excluding hydrogens is 504 g/mol. The predicted octanol–water partition coefficient (Wildman–Crippen LogP) is 2.70. The highest BCUT2D eigenvalue weighted by Gasteiger charge is 2.24. The molecule has 1 aromatic heterocycles. The highest BCUT2D eigenvalue weighted by Crippen LogP contribution is 2.19. The van der Waals surface area contributed by atoms with Gasteiger partial charge in [0.1, 0.15) is 0 Å². The van der Waals surface area contributed by atoms with E-state index in [9.17, 15) is 13.2 Å². The van der Waals surface area contributed by atoms with Crippen molar-refractivity contribution in [2.45, 2.75) is 25.3 Å². The van der Waals surface area contributed by atoms with Crippen LogP contribution in [0.1, 0.15) is 19.7 Å². The fourth-order valence-electron chi connectivity index (χ4n) is 4.02. The smallest absolute Gasteiger partial charge is 0.321 e. The molecule has 13 heteroatoms. The van der Waals surface area contributed by atoms with Crippen LogP contribution in [0.25, 0.3) is 5.69 Å². The van der Waals surface area contributed by atoms with Crippen molar-refractivity contribution in [2.24, 2.45) is 0 Å². The summed E-state index contributed by atoms with van der Waals surface area (Å²) in [5.41, 5.74) is 1.37. The van der Waals surface area contributed by atoms with Crippen LogP contribution in [0, 0.1) is 0 Å². The summed E-state index contributed by atoms with van der Waals surface area (Å²) in [5, 5.41) is 15.5. The van der Waals surface area contributed by atoms with Crippen LogP contribution in [0.4, 0.5) is 10.5 Å². The Kier molecular flexibility index (Phi) is 8.19. The van der Waals surface area contributed by atoms with E-state index in [0.29, 0.717) is 62.3 Å². The normalized spacial score (nSPS) is 14.8. The SMILES string of the molecule is CCN(CC)S(=O)(=O)c1ccc(NC(=O)N2CCN(Cc3nnnn3-c3ccc(Cl)cc3)CC2)cc1. The number of carbonyl (C=O) groups is 1. The first-order valence-electron chi connectivity index (χ1n) is 11.7. The van der Waals surface area contributed by atoms with Crippen LogP contribution in [-0.2, 0) is 16.6 Å². The minimum atomic E-state index is -3.53. The first-order valence-corrected chi connectivity index (χ1v) is 13.5.